The van der Waals surface area contributed by atoms with Gasteiger partial charge in [-0.2, -0.15) is 0 Å². The van der Waals surface area contributed by atoms with Crippen molar-refractivity contribution in [3.63, 3.8) is 0 Å². The van der Waals surface area contributed by atoms with E-state index < -0.39 is 14.4 Å². The van der Waals surface area contributed by atoms with Crippen LogP contribution in [0.25, 0.3) is 21.5 Å². The molecule has 3 N–H and O–H groups in total. The number of anilines is 1. The minimum atomic E-state index is -1.99. The molecule has 3 rings (SSSR count). The van der Waals surface area contributed by atoms with Gasteiger partial charge in [-0.3, -0.25) is 0 Å². The lowest BCUT2D eigenvalue weighted by atomic mass is 10.0. The maximum Gasteiger partial charge on any atom is 0.182 e. The monoisotopic (exact) mass is 383 g/mol. The number of benzene rings is 3. The Morgan fingerprint density at radius 3 is 2.33 bits per heavy atom. The van der Waals surface area contributed by atoms with Gasteiger partial charge in [-0.05, 0) is 71.4 Å². The van der Waals surface area contributed by atoms with Crippen molar-refractivity contribution >= 4 is 35.5 Å². The highest BCUT2D eigenvalue weighted by Gasteiger charge is 2.15. The van der Waals surface area contributed by atoms with Crippen molar-refractivity contribution in [2.75, 3.05) is 25.1 Å². The van der Waals surface area contributed by atoms with Crippen LogP contribution >= 0.6 is 0 Å². The van der Waals surface area contributed by atoms with E-state index in [1.165, 1.54) is 21.5 Å². The summed E-state index contributed by atoms with van der Waals surface area (Å²) in [7, 11) is -1.99. The molecule has 0 bridgehead atoms. The van der Waals surface area contributed by atoms with Gasteiger partial charge in [-0.1, -0.05) is 30.3 Å². The average Bonchev–Trinajstić information content (AvgIpc) is 2.63. The van der Waals surface area contributed by atoms with E-state index in [9.17, 15) is 9.90 Å². The molecule has 3 aromatic rings. The maximum atomic E-state index is 10.1. The van der Waals surface area contributed by atoms with Gasteiger partial charge >= 0.3 is 0 Å². The van der Waals surface area contributed by atoms with Gasteiger partial charge in [0.2, 0.25) is 0 Å². The molecule has 0 aromatic heterocycles. The quantitative estimate of drug-likeness (QED) is 0.292. The first-order valence-electron chi connectivity index (χ1n) is 9.55. The molecule has 5 heteroatoms. The molecule has 0 aliphatic heterocycles. The third-order valence-corrected chi connectivity index (χ3v) is 6.21. The second-order valence-electron chi connectivity index (χ2n) is 7.79. The Hall–Kier alpha value is -1.92. The molecule has 0 fully saturated rings. The summed E-state index contributed by atoms with van der Waals surface area (Å²) in [4.78, 5) is 9.79. The average molecular weight is 384 g/mol. The van der Waals surface area contributed by atoms with E-state index >= 15 is 0 Å². The summed E-state index contributed by atoms with van der Waals surface area (Å²) in [6, 6.07) is 19.8. The van der Waals surface area contributed by atoms with Gasteiger partial charge in [-0.25, -0.2) is 0 Å². The minimum Gasteiger partial charge on any atom is -0.432 e. The van der Waals surface area contributed by atoms with Crippen molar-refractivity contribution in [3.05, 3.63) is 54.6 Å². The molecule has 0 heterocycles. The Morgan fingerprint density at radius 1 is 0.963 bits per heavy atom. The predicted molar refractivity (Wildman–Crippen MR) is 116 cm³/mol. The number of rotatable bonds is 9. The second-order valence-corrected chi connectivity index (χ2v) is 11.9. The summed E-state index contributed by atoms with van der Waals surface area (Å²) < 4.78 is 5.52. The van der Waals surface area contributed by atoms with Gasteiger partial charge in [-0.15, -0.1) is 0 Å². The van der Waals surface area contributed by atoms with Gasteiger partial charge in [0.15, 0.2) is 8.32 Å². The summed E-state index contributed by atoms with van der Waals surface area (Å²) in [6.45, 7) is 5.19. The van der Waals surface area contributed by atoms with Gasteiger partial charge < -0.3 is 20.0 Å². The Labute approximate surface area is 161 Å². The lowest BCUT2D eigenvalue weighted by Gasteiger charge is -2.15. The third-order valence-electron chi connectivity index (χ3n) is 4.63. The molecule has 3 aromatic carbocycles. The van der Waals surface area contributed by atoms with Crippen LogP contribution in [-0.4, -0.2) is 44.1 Å². The second kappa shape index (κ2) is 8.84. The molecule has 0 saturated heterocycles. The number of fused-ring (bicyclic) bond motifs is 2. The fourth-order valence-electron chi connectivity index (χ4n) is 3.17. The lowest BCUT2D eigenvalue weighted by Crippen LogP contribution is -2.27. The summed E-state index contributed by atoms with van der Waals surface area (Å²) in [5.41, 5.74) is 0.991. The van der Waals surface area contributed by atoms with Crippen molar-refractivity contribution in [2.45, 2.75) is 31.7 Å². The topological polar surface area (TPSA) is 61.7 Å². The molecular formula is C22H29NO3Si. The molecule has 1 atom stereocenters. The fourth-order valence-corrected chi connectivity index (χ4v) is 4.18. The summed E-state index contributed by atoms with van der Waals surface area (Å²) in [6.07, 6.45) is 0.283. The number of ether oxygens (including phenoxy) is 1. The normalized spacial score (nSPS) is 13.2. The molecule has 1 unspecified atom stereocenters. The molecule has 144 valence electrons. The molecule has 27 heavy (non-hydrogen) atoms. The van der Waals surface area contributed by atoms with Crippen molar-refractivity contribution < 1.29 is 14.6 Å². The molecule has 0 amide bonds. The first-order valence-corrected chi connectivity index (χ1v) is 12.7. The van der Waals surface area contributed by atoms with Gasteiger partial charge in [0.1, 0.15) is 0 Å². The highest BCUT2D eigenvalue weighted by molar-refractivity contribution is 6.69. The Morgan fingerprint density at radius 2 is 1.63 bits per heavy atom. The van der Waals surface area contributed by atoms with Crippen LogP contribution in [0.2, 0.25) is 19.1 Å². The molecule has 0 aliphatic rings. The molecule has 0 radical (unpaired) electrons. The zero-order chi connectivity index (χ0) is 19.3. The van der Waals surface area contributed by atoms with E-state index in [0.717, 1.165) is 18.2 Å². The van der Waals surface area contributed by atoms with Crippen LogP contribution in [0.5, 0.6) is 0 Å². The highest BCUT2D eigenvalue weighted by atomic mass is 28.4. The smallest absolute Gasteiger partial charge is 0.182 e. The van der Waals surface area contributed by atoms with Crippen LogP contribution in [0.15, 0.2) is 54.6 Å². The lowest BCUT2D eigenvalue weighted by molar-refractivity contribution is 0.0434. The highest BCUT2D eigenvalue weighted by Crippen LogP contribution is 2.25. The van der Waals surface area contributed by atoms with Gasteiger partial charge in [0.25, 0.3) is 0 Å². The van der Waals surface area contributed by atoms with Crippen LogP contribution in [-0.2, 0) is 4.74 Å². The van der Waals surface area contributed by atoms with Crippen molar-refractivity contribution in [1.82, 2.24) is 0 Å². The molecule has 0 saturated carbocycles. The van der Waals surface area contributed by atoms with Crippen LogP contribution in [0.3, 0.4) is 0 Å². The largest absolute Gasteiger partial charge is 0.432 e. The van der Waals surface area contributed by atoms with Gasteiger partial charge in [0, 0.05) is 18.8 Å². The van der Waals surface area contributed by atoms with Crippen molar-refractivity contribution in [3.8, 4) is 0 Å². The number of aliphatic hydroxyl groups excluding tert-OH is 1. The van der Waals surface area contributed by atoms with Gasteiger partial charge in [0.05, 0.1) is 12.7 Å². The first-order chi connectivity index (χ1) is 12.9. The number of aliphatic hydroxyl groups is 1. The fraction of sp³-hybridized carbons (Fsp3) is 0.364. The Bertz CT molecular complexity index is 891. The number of hydrogen-bond donors (Lipinski definition) is 3. The minimum absolute atomic E-state index is 0.304. The zero-order valence-corrected chi connectivity index (χ0v) is 17.1. The summed E-state index contributed by atoms with van der Waals surface area (Å²) in [5, 5.41) is 18.2. The van der Waals surface area contributed by atoms with E-state index in [2.05, 4.69) is 53.8 Å². The van der Waals surface area contributed by atoms with Crippen LogP contribution in [0.4, 0.5) is 5.69 Å². The molecule has 0 aliphatic carbocycles. The van der Waals surface area contributed by atoms with E-state index in [-0.39, 0.29) is 0 Å². The van der Waals surface area contributed by atoms with Crippen LogP contribution < -0.4 is 5.32 Å². The van der Waals surface area contributed by atoms with E-state index in [1.54, 1.807) is 0 Å². The molecular weight excluding hydrogens is 354 g/mol. The SMILES string of the molecule is C[Si](C)(O)CCCOCC(O)CNc1ccc2cc3ccccc3cc2c1. The Balaban J connectivity index is 1.50. The Kier molecular flexibility index (Phi) is 6.49. The molecule has 4 nitrogen and oxygen atoms in total. The van der Waals surface area contributed by atoms with E-state index in [1.807, 2.05) is 19.2 Å². The predicted octanol–water partition coefficient (Wildman–Crippen LogP) is 4.37. The first kappa shape index (κ1) is 19.8. The van der Waals surface area contributed by atoms with Crippen LogP contribution in [0, 0.1) is 0 Å². The summed E-state index contributed by atoms with van der Waals surface area (Å²) >= 11 is 0. The number of nitrogens with one attached hydrogen (secondary N) is 1. The maximum absolute atomic E-state index is 10.1. The van der Waals surface area contributed by atoms with Crippen molar-refractivity contribution in [1.29, 1.82) is 0 Å². The van der Waals surface area contributed by atoms with Crippen LogP contribution in [0.1, 0.15) is 6.42 Å². The van der Waals surface area contributed by atoms with E-state index in [4.69, 9.17) is 4.74 Å². The summed E-state index contributed by atoms with van der Waals surface area (Å²) in [5.74, 6) is 0. The van der Waals surface area contributed by atoms with E-state index in [0.29, 0.717) is 19.8 Å². The third kappa shape index (κ3) is 6.04. The zero-order valence-electron chi connectivity index (χ0n) is 16.1. The standard InChI is InChI=1S/C22H29NO3Si/c1-27(2,25)11-5-10-26-16-22(24)15-23-21-9-8-19-12-17-6-3-4-7-18(17)13-20(19)14-21/h3-4,6-9,12-14,22-25H,5,10-11,15-16H2,1-2H3. The molecule has 0 spiro atoms. The number of hydrogen-bond acceptors (Lipinski definition) is 4. The van der Waals surface area contributed by atoms with Crippen molar-refractivity contribution in [2.24, 2.45) is 0 Å².